The first-order valence-electron chi connectivity index (χ1n) is 6.83. The Labute approximate surface area is 119 Å². The summed E-state index contributed by atoms with van der Waals surface area (Å²) in [6, 6.07) is 7.79. The first-order chi connectivity index (χ1) is 9.04. The van der Waals surface area contributed by atoms with Crippen LogP contribution in [0.15, 0.2) is 24.3 Å². The maximum Gasteiger partial charge on any atom is 0.119 e. The molecule has 0 aliphatic rings. The van der Waals surface area contributed by atoms with E-state index < -0.39 is 10.8 Å². The molecule has 0 saturated heterocycles. The minimum absolute atomic E-state index is 0.251. The van der Waals surface area contributed by atoms with Crippen LogP contribution in [-0.2, 0) is 17.3 Å². The minimum Gasteiger partial charge on any atom is -0.494 e. The van der Waals surface area contributed by atoms with Crippen molar-refractivity contribution in [3.8, 4) is 5.75 Å². The Morgan fingerprint density at radius 1 is 1.32 bits per heavy atom. The second kappa shape index (κ2) is 8.33. The van der Waals surface area contributed by atoms with Crippen molar-refractivity contribution in [3.63, 3.8) is 0 Å². The van der Waals surface area contributed by atoms with Gasteiger partial charge in [0.15, 0.2) is 0 Å². The van der Waals surface area contributed by atoms with Crippen molar-refractivity contribution < 1.29 is 8.95 Å². The molecule has 0 aliphatic carbocycles. The van der Waals surface area contributed by atoms with Crippen LogP contribution in [0.3, 0.4) is 0 Å². The van der Waals surface area contributed by atoms with E-state index in [1.807, 2.05) is 31.2 Å². The highest BCUT2D eigenvalue weighted by molar-refractivity contribution is 7.85. The van der Waals surface area contributed by atoms with Crippen LogP contribution in [0.1, 0.15) is 32.8 Å². The maximum absolute atomic E-state index is 11.9. The summed E-state index contributed by atoms with van der Waals surface area (Å²) in [7, 11) is -0.759. The lowest BCUT2D eigenvalue weighted by Gasteiger charge is -2.15. The van der Waals surface area contributed by atoms with Crippen molar-refractivity contribution in [2.24, 2.45) is 11.7 Å². The van der Waals surface area contributed by atoms with Crippen molar-refractivity contribution >= 4 is 10.8 Å². The van der Waals surface area contributed by atoms with Gasteiger partial charge < -0.3 is 10.5 Å². The predicted octanol–water partition coefficient (Wildman–Crippen LogP) is 2.71. The molecule has 0 aromatic heterocycles. The SMILES string of the molecule is CC(C)C(C)S(=O)CCCOc1cccc(CN)c1. The van der Waals surface area contributed by atoms with Crippen LogP contribution >= 0.6 is 0 Å². The van der Waals surface area contributed by atoms with Crippen molar-refractivity contribution in [3.05, 3.63) is 29.8 Å². The molecule has 0 spiro atoms. The Hall–Kier alpha value is -0.870. The standard InChI is InChI=1S/C15H25NO2S/c1-12(2)13(3)19(17)9-5-8-18-15-7-4-6-14(10-15)11-16/h4,6-7,10,12-13H,5,8-9,11,16H2,1-3H3. The van der Waals surface area contributed by atoms with E-state index in [0.717, 1.165) is 17.7 Å². The lowest BCUT2D eigenvalue weighted by atomic mass is 10.2. The lowest BCUT2D eigenvalue weighted by Crippen LogP contribution is -2.20. The van der Waals surface area contributed by atoms with Crippen molar-refractivity contribution in [1.29, 1.82) is 0 Å². The fraction of sp³-hybridized carbons (Fsp3) is 0.600. The molecule has 1 rings (SSSR count). The van der Waals surface area contributed by atoms with Gasteiger partial charge in [-0.25, -0.2) is 0 Å². The first-order valence-corrected chi connectivity index (χ1v) is 8.21. The molecule has 19 heavy (non-hydrogen) atoms. The molecular formula is C15H25NO2S. The van der Waals surface area contributed by atoms with E-state index >= 15 is 0 Å². The fourth-order valence-electron chi connectivity index (χ4n) is 1.64. The average molecular weight is 283 g/mol. The quantitative estimate of drug-likeness (QED) is 0.746. The van der Waals surface area contributed by atoms with Crippen LogP contribution < -0.4 is 10.5 Å². The molecule has 2 unspecified atom stereocenters. The molecule has 4 heteroatoms. The molecule has 2 N–H and O–H groups in total. The Morgan fingerprint density at radius 2 is 2.05 bits per heavy atom. The third-order valence-electron chi connectivity index (χ3n) is 3.25. The summed E-state index contributed by atoms with van der Waals surface area (Å²) < 4.78 is 17.6. The Morgan fingerprint density at radius 3 is 2.68 bits per heavy atom. The molecule has 0 aliphatic heterocycles. The second-order valence-corrected chi connectivity index (χ2v) is 7.00. The molecule has 2 atom stereocenters. The van der Waals surface area contributed by atoms with Gasteiger partial charge in [-0.2, -0.15) is 0 Å². The highest BCUT2D eigenvalue weighted by Crippen LogP contribution is 2.14. The molecule has 0 radical (unpaired) electrons. The van der Waals surface area contributed by atoms with Crippen LogP contribution in [0.4, 0.5) is 0 Å². The van der Waals surface area contributed by atoms with Gasteiger partial charge in [0.25, 0.3) is 0 Å². The lowest BCUT2D eigenvalue weighted by molar-refractivity contribution is 0.318. The van der Waals surface area contributed by atoms with E-state index in [9.17, 15) is 4.21 Å². The van der Waals surface area contributed by atoms with Crippen LogP contribution in [0.25, 0.3) is 0 Å². The smallest absolute Gasteiger partial charge is 0.119 e. The monoisotopic (exact) mass is 283 g/mol. The Bertz CT molecular complexity index is 407. The van der Waals surface area contributed by atoms with E-state index in [2.05, 4.69) is 13.8 Å². The molecule has 0 bridgehead atoms. The summed E-state index contributed by atoms with van der Waals surface area (Å²) in [5.74, 6) is 2.00. The summed E-state index contributed by atoms with van der Waals surface area (Å²) in [5.41, 5.74) is 6.64. The summed E-state index contributed by atoms with van der Waals surface area (Å²) in [6.45, 7) is 7.39. The van der Waals surface area contributed by atoms with Crippen molar-refractivity contribution in [2.45, 2.75) is 39.0 Å². The zero-order valence-electron chi connectivity index (χ0n) is 12.1. The number of hydrogen-bond donors (Lipinski definition) is 1. The van der Waals surface area contributed by atoms with Gasteiger partial charge in [0.05, 0.1) is 6.61 Å². The van der Waals surface area contributed by atoms with E-state index in [0.29, 0.717) is 24.8 Å². The van der Waals surface area contributed by atoms with Gasteiger partial charge >= 0.3 is 0 Å². The van der Waals surface area contributed by atoms with Crippen molar-refractivity contribution in [1.82, 2.24) is 0 Å². The number of benzene rings is 1. The maximum atomic E-state index is 11.9. The van der Waals surface area contributed by atoms with Crippen LogP contribution in [0.2, 0.25) is 0 Å². The number of rotatable bonds is 8. The van der Waals surface area contributed by atoms with Crippen LogP contribution in [-0.4, -0.2) is 21.8 Å². The molecule has 0 saturated carbocycles. The predicted molar refractivity (Wildman–Crippen MR) is 81.8 cm³/mol. The molecule has 0 heterocycles. The second-order valence-electron chi connectivity index (χ2n) is 5.09. The van der Waals surface area contributed by atoms with Gasteiger partial charge in [0.2, 0.25) is 0 Å². The number of nitrogens with two attached hydrogens (primary N) is 1. The fourth-order valence-corrected chi connectivity index (χ4v) is 3.02. The van der Waals surface area contributed by atoms with Crippen LogP contribution in [0.5, 0.6) is 5.75 Å². The largest absolute Gasteiger partial charge is 0.494 e. The summed E-state index contributed by atoms with van der Waals surface area (Å²) in [4.78, 5) is 0. The van der Waals surface area contributed by atoms with E-state index in [4.69, 9.17) is 10.5 Å². The topological polar surface area (TPSA) is 52.3 Å². The normalized spacial score (nSPS) is 14.4. The highest BCUT2D eigenvalue weighted by atomic mass is 32.2. The highest BCUT2D eigenvalue weighted by Gasteiger charge is 2.14. The Balaban J connectivity index is 2.29. The number of ether oxygens (including phenoxy) is 1. The zero-order valence-corrected chi connectivity index (χ0v) is 12.9. The Kier molecular flexibility index (Phi) is 7.10. The van der Waals surface area contributed by atoms with Gasteiger partial charge in [0, 0.05) is 28.3 Å². The van der Waals surface area contributed by atoms with Gasteiger partial charge in [-0.15, -0.1) is 0 Å². The summed E-state index contributed by atoms with van der Waals surface area (Å²) in [6.07, 6.45) is 0.816. The third kappa shape index (κ3) is 5.74. The van der Waals surface area contributed by atoms with Gasteiger partial charge in [0.1, 0.15) is 5.75 Å². The zero-order chi connectivity index (χ0) is 14.3. The van der Waals surface area contributed by atoms with E-state index in [1.165, 1.54) is 0 Å². The van der Waals surface area contributed by atoms with Crippen molar-refractivity contribution in [2.75, 3.05) is 12.4 Å². The molecule has 1 aromatic carbocycles. The third-order valence-corrected chi connectivity index (χ3v) is 5.31. The molecular weight excluding hydrogens is 258 g/mol. The van der Waals surface area contributed by atoms with Gasteiger partial charge in [-0.3, -0.25) is 4.21 Å². The molecule has 0 amide bonds. The summed E-state index contributed by atoms with van der Waals surface area (Å²) in [5, 5.41) is 0.251. The first kappa shape index (κ1) is 16.2. The van der Waals surface area contributed by atoms with E-state index in [-0.39, 0.29) is 5.25 Å². The molecule has 108 valence electrons. The van der Waals surface area contributed by atoms with E-state index in [1.54, 1.807) is 0 Å². The van der Waals surface area contributed by atoms with Gasteiger partial charge in [-0.1, -0.05) is 32.9 Å². The molecule has 0 fully saturated rings. The molecule has 1 aromatic rings. The number of hydrogen-bond acceptors (Lipinski definition) is 3. The van der Waals surface area contributed by atoms with Gasteiger partial charge in [-0.05, 0) is 30.0 Å². The minimum atomic E-state index is -0.759. The van der Waals surface area contributed by atoms with Crippen LogP contribution in [0, 0.1) is 5.92 Å². The summed E-state index contributed by atoms with van der Waals surface area (Å²) >= 11 is 0. The average Bonchev–Trinajstić information content (AvgIpc) is 2.42. The molecule has 3 nitrogen and oxygen atoms in total.